The summed E-state index contributed by atoms with van der Waals surface area (Å²) in [5.41, 5.74) is -1.84. The number of piperidine rings is 1. The molecule has 7 nitrogen and oxygen atoms in total. The van der Waals surface area contributed by atoms with Crippen LogP contribution in [0.3, 0.4) is 0 Å². The standard InChI is InChI=1S/C22H19ClF6N2O5/c23-15-9-13(1-2-16(15)33-7-8-35-22(27,28)29)19(32)31-6-4-20(18(11-31)34-12-36-20)17-10-14(3-5-30-17)21(24,25)26/h1-3,5,9-10,18H,4,6-8,11-12H2. The smallest absolute Gasteiger partial charge is 0.490 e. The third-order valence-electron chi connectivity index (χ3n) is 5.84. The van der Waals surface area contributed by atoms with Crippen LogP contribution in [0.15, 0.2) is 36.5 Å². The Kier molecular flexibility index (Phi) is 7.37. The minimum atomic E-state index is -4.78. The molecule has 2 unspecified atom stereocenters. The molecule has 1 amide bonds. The highest BCUT2D eigenvalue weighted by Crippen LogP contribution is 2.43. The quantitative estimate of drug-likeness (QED) is 0.388. The summed E-state index contributed by atoms with van der Waals surface area (Å²) in [4.78, 5) is 18.6. The minimum absolute atomic E-state index is 0.00725. The average Bonchev–Trinajstić information content (AvgIpc) is 3.25. The van der Waals surface area contributed by atoms with Crippen LogP contribution in [0.4, 0.5) is 26.3 Å². The number of hydrogen-bond donors (Lipinski definition) is 0. The normalized spacial score (nSPS) is 22.4. The molecular weight excluding hydrogens is 522 g/mol. The number of nitrogens with zero attached hydrogens (tertiary/aromatic N) is 2. The molecule has 0 bridgehead atoms. The number of hydrogen-bond acceptors (Lipinski definition) is 6. The monoisotopic (exact) mass is 540 g/mol. The van der Waals surface area contributed by atoms with E-state index < -0.39 is 48.9 Å². The molecule has 0 spiro atoms. The SMILES string of the molecule is O=C(c1ccc(OCCOC(F)(F)F)c(Cl)c1)N1CCC2(c3cc(C(F)(F)F)ccn3)OCOC2C1. The molecule has 4 rings (SSSR count). The highest BCUT2D eigenvalue weighted by Gasteiger charge is 2.52. The Morgan fingerprint density at radius 1 is 1.17 bits per heavy atom. The molecule has 2 aliphatic rings. The van der Waals surface area contributed by atoms with E-state index in [1.165, 1.54) is 23.1 Å². The summed E-state index contributed by atoms with van der Waals surface area (Å²) in [5.74, 6) is -0.357. The maximum Gasteiger partial charge on any atom is 0.522 e. The summed E-state index contributed by atoms with van der Waals surface area (Å²) >= 11 is 6.12. The number of likely N-dealkylation sites (tertiary alicyclic amines) is 1. The Morgan fingerprint density at radius 2 is 1.94 bits per heavy atom. The Hall–Kier alpha value is -2.61. The van der Waals surface area contributed by atoms with E-state index in [0.29, 0.717) is 0 Å². The Balaban J connectivity index is 1.43. The molecule has 14 heteroatoms. The number of pyridine rings is 1. The van der Waals surface area contributed by atoms with Crippen molar-refractivity contribution < 1.29 is 50.1 Å². The number of halogens is 7. The molecule has 3 heterocycles. The average molecular weight is 541 g/mol. The van der Waals surface area contributed by atoms with E-state index in [0.717, 1.165) is 18.3 Å². The van der Waals surface area contributed by atoms with Gasteiger partial charge in [0.1, 0.15) is 30.9 Å². The van der Waals surface area contributed by atoms with Crippen LogP contribution in [0.2, 0.25) is 5.02 Å². The molecule has 2 atom stereocenters. The lowest BCUT2D eigenvalue weighted by Crippen LogP contribution is -2.54. The third-order valence-corrected chi connectivity index (χ3v) is 6.13. The van der Waals surface area contributed by atoms with Crippen molar-refractivity contribution in [1.29, 1.82) is 0 Å². The second kappa shape index (κ2) is 10.0. The summed E-state index contributed by atoms with van der Waals surface area (Å²) in [6.07, 6.45) is -8.88. The Bertz CT molecular complexity index is 1120. The topological polar surface area (TPSA) is 70.1 Å². The van der Waals surface area contributed by atoms with Crippen molar-refractivity contribution in [2.75, 3.05) is 33.1 Å². The van der Waals surface area contributed by atoms with Crippen LogP contribution in [0.1, 0.15) is 28.0 Å². The molecule has 36 heavy (non-hydrogen) atoms. The van der Waals surface area contributed by atoms with E-state index in [2.05, 4.69) is 9.72 Å². The van der Waals surface area contributed by atoms with Crippen LogP contribution in [0, 0.1) is 0 Å². The van der Waals surface area contributed by atoms with Crippen molar-refractivity contribution in [1.82, 2.24) is 9.88 Å². The predicted octanol–water partition coefficient (Wildman–Crippen LogP) is 4.78. The summed E-state index contributed by atoms with van der Waals surface area (Å²) in [5, 5.41) is 0.00725. The lowest BCUT2D eigenvalue weighted by atomic mass is 9.84. The zero-order chi connectivity index (χ0) is 26.1. The van der Waals surface area contributed by atoms with Crippen molar-refractivity contribution in [2.45, 2.75) is 30.7 Å². The molecule has 0 saturated carbocycles. The van der Waals surface area contributed by atoms with Crippen LogP contribution < -0.4 is 4.74 Å². The van der Waals surface area contributed by atoms with Crippen LogP contribution in [-0.2, 0) is 26.0 Å². The van der Waals surface area contributed by atoms with Gasteiger partial charge in [-0.1, -0.05) is 11.6 Å². The summed E-state index contributed by atoms with van der Waals surface area (Å²) in [7, 11) is 0. The molecule has 0 aliphatic carbocycles. The first-order valence-corrected chi connectivity index (χ1v) is 11.0. The highest BCUT2D eigenvalue weighted by atomic mass is 35.5. The van der Waals surface area contributed by atoms with Gasteiger partial charge in [0.05, 0.1) is 29.4 Å². The third kappa shape index (κ3) is 5.69. The van der Waals surface area contributed by atoms with Gasteiger partial charge in [-0.25, -0.2) is 0 Å². The number of carbonyl (C=O) groups excluding carboxylic acids is 1. The first kappa shape index (κ1) is 26.5. The number of carbonyl (C=O) groups is 1. The molecule has 196 valence electrons. The molecule has 1 aromatic heterocycles. The van der Waals surface area contributed by atoms with Crippen molar-refractivity contribution in [3.8, 4) is 5.75 Å². The van der Waals surface area contributed by atoms with Gasteiger partial charge in [-0.15, -0.1) is 13.2 Å². The van der Waals surface area contributed by atoms with Crippen LogP contribution in [-0.4, -0.2) is 61.4 Å². The number of fused-ring (bicyclic) bond motifs is 1. The highest BCUT2D eigenvalue weighted by molar-refractivity contribution is 6.32. The largest absolute Gasteiger partial charge is 0.522 e. The fraction of sp³-hybridized carbons (Fsp3) is 0.455. The lowest BCUT2D eigenvalue weighted by Gasteiger charge is -2.41. The van der Waals surface area contributed by atoms with E-state index in [-0.39, 0.29) is 48.3 Å². The molecular formula is C22H19ClF6N2O5. The number of benzene rings is 1. The molecule has 1 aromatic carbocycles. The number of alkyl halides is 6. The fourth-order valence-electron chi connectivity index (χ4n) is 4.11. The zero-order valence-corrected chi connectivity index (χ0v) is 19.1. The summed E-state index contributed by atoms with van der Waals surface area (Å²) < 4.78 is 95.8. The maximum absolute atomic E-state index is 13.2. The summed E-state index contributed by atoms with van der Waals surface area (Å²) in [6, 6.07) is 5.85. The van der Waals surface area contributed by atoms with Crippen molar-refractivity contribution >= 4 is 17.5 Å². The number of rotatable bonds is 6. The van der Waals surface area contributed by atoms with Gasteiger partial charge in [0.15, 0.2) is 0 Å². The number of aromatic nitrogens is 1. The molecule has 2 aromatic rings. The van der Waals surface area contributed by atoms with Gasteiger partial charge in [0, 0.05) is 24.7 Å². The lowest BCUT2D eigenvalue weighted by molar-refractivity contribution is -0.325. The van der Waals surface area contributed by atoms with E-state index >= 15 is 0 Å². The van der Waals surface area contributed by atoms with Crippen LogP contribution in [0.25, 0.3) is 0 Å². The van der Waals surface area contributed by atoms with Crippen LogP contribution >= 0.6 is 11.6 Å². The second-order valence-corrected chi connectivity index (χ2v) is 8.43. The van der Waals surface area contributed by atoms with Gasteiger partial charge in [-0.05, 0) is 30.3 Å². The van der Waals surface area contributed by atoms with Crippen molar-refractivity contribution in [2.24, 2.45) is 0 Å². The van der Waals surface area contributed by atoms with Gasteiger partial charge < -0.3 is 19.1 Å². The van der Waals surface area contributed by atoms with Gasteiger partial charge in [-0.3, -0.25) is 14.5 Å². The number of ether oxygens (including phenoxy) is 4. The van der Waals surface area contributed by atoms with Gasteiger partial charge >= 0.3 is 12.5 Å². The minimum Gasteiger partial charge on any atom is -0.490 e. The van der Waals surface area contributed by atoms with E-state index in [1.54, 1.807) is 0 Å². The molecule has 2 aliphatic heterocycles. The predicted molar refractivity (Wildman–Crippen MR) is 111 cm³/mol. The first-order chi connectivity index (χ1) is 16.9. The fourth-order valence-corrected chi connectivity index (χ4v) is 4.34. The van der Waals surface area contributed by atoms with E-state index in [1.807, 2.05) is 0 Å². The molecule has 0 N–H and O–H groups in total. The van der Waals surface area contributed by atoms with Gasteiger partial charge in [0.2, 0.25) is 0 Å². The van der Waals surface area contributed by atoms with Gasteiger partial charge in [0.25, 0.3) is 5.91 Å². The van der Waals surface area contributed by atoms with Gasteiger partial charge in [-0.2, -0.15) is 13.2 Å². The van der Waals surface area contributed by atoms with Crippen molar-refractivity contribution in [3.05, 3.63) is 58.4 Å². The van der Waals surface area contributed by atoms with Crippen LogP contribution in [0.5, 0.6) is 5.75 Å². The molecule has 2 fully saturated rings. The zero-order valence-electron chi connectivity index (χ0n) is 18.4. The van der Waals surface area contributed by atoms with E-state index in [4.69, 9.17) is 25.8 Å². The Labute approximate surface area is 205 Å². The molecule has 2 saturated heterocycles. The Morgan fingerprint density at radius 3 is 2.64 bits per heavy atom. The summed E-state index contributed by atoms with van der Waals surface area (Å²) in [6.45, 7) is -1.15. The molecule has 0 radical (unpaired) electrons. The van der Waals surface area contributed by atoms with Crippen molar-refractivity contribution in [3.63, 3.8) is 0 Å². The maximum atomic E-state index is 13.2. The number of amides is 1. The first-order valence-electron chi connectivity index (χ1n) is 10.6. The second-order valence-electron chi connectivity index (χ2n) is 8.02. The van der Waals surface area contributed by atoms with E-state index in [9.17, 15) is 31.1 Å².